The predicted molar refractivity (Wildman–Crippen MR) is 108 cm³/mol. The van der Waals surface area contributed by atoms with Crippen molar-refractivity contribution >= 4 is 33.4 Å². The van der Waals surface area contributed by atoms with Gasteiger partial charge in [0.05, 0.1) is 4.90 Å². The molecular formula is C18H24ClN5O2S. The van der Waals surface area contributed by atoms with E-state index in [1.807, 2.05) is 36.9 Å². The molecule has 0 N–H and O–H groups in total. The van der Waals surface area contributed by atoms with E-state index in [1.54, 1.807) is 19.1 Å². The summed E-state index contributed by atoms with van der Waals surface area (Å²) in [7, 11) is 0.290. The maximum absolute atomic E-state index is 13.0. The minimum absolute atomic E-state index is 0.269. The molecule has 146 valence electrons. The first-order chi connectivity index (χ1) is 12.7. The van der Waals surface area contributed by atoms with Gasteiger partial charge in [-0.05, 0) is 31.5 Å². The van der Waals surface area contributed by atoms with Crippen LogP contribution < -0.4 is 9.80 Å². The molecule has 0 aliphatic carbocycles. The Balaban J connectivity index is 1.78. The summed E-state index contributed by atoms with van der Waals surface area (Å²) in [5.41, 5.74) is 1.58. The van der Waals surface area contributed by atoms with Crippen molar-refractivity contribution in [3.63, 3.8) is 0 Å². The zero-order chi connectivity index (χ0) is 19.8. The van der Waals surface area contributed by atoms with Gasteiger partial charge < -0.3 is 9.80 Å². The number of piperazine rings is 1. The van der Waals surface area contributed by atoms with Crippen LogP contribution in [0.4, 0.5) is 11.8 Å². The van der Waals surface area contributed by atoms with Gasteiger partial charge in [-0.3, -0.25) is 0 Å². The van der Waals surface area contributed by atoms with Gasteiger partial charge in [0, 0.05) is 57.1 Å². The molecule has 0 radical (unpaired) electrons. The number of benzene rings is 1. The number of sulfonamides is 1. The van der Waals surface area contributed by atoms with Crippen molar-refractivity contribution < 1.29 is 8.42 Å². The number of aromatic nitrogens is 2. The molecule has 1 aliphatic rings. The molecule has 1 saturated heterocycles. The highest BCUT2D eigenvalue weighted by molar-refractivity contribution is 7.89. The molecular weight excluding hydrogens is 386 g/mol. The van der Waals surface area contributed by atoms with Crippen LogP contribution in [-0.2, 0) is 10.0 Å². The molecule has 9 heteroatoms. The van der Waals surface area contributed by atoms with Crippen LogP contribution >= 0.6 is 11.6 Å². The first-order valence-electron chi connectivity index (χ1n) is 8.73. The fourth-order valence-corrected chi connectivity index (χ4v) is 4.94. The molecule has 1 aliphatic heterocycles. The van der Waals surface area contributed by atoms with E-state index < -0.39 is 10.0 Å². The normalized spacial score (nSPS) is 15.8. The Morgan fingerprint density at radius 2 is 1.70 bits per heavy atom. The summed E-state index contributed by atoms with van der Waals surface area (Å²) in [6, 6.07) is 6.87. The van der Waals surface area contributed by atoms with Gasteiger partial charge in [0.15, 0.2) is 0 Å². The smallest absolute Gasteiger partial charge is 0.243 e. The van der Waals surface area contributed by atoms with Gasteiger partial charge in [0.2, 0.25) is 16.0 Å². The van der Waals surface area contributed by atoms with Crippen LogP contribution in [0.5, 0.6) is 0 Å². The van der Waals surface area contributed by atoms with Crippen molar-refractivity contribution in [2.75, 3.05) is 50.1 Å². The molecule has 0 spiro atoms. The van der Waals surface area contributed by atoms with Gasteiger partial charge in [0.25, 0.3) is 0 Å². The summed E-state index contributed by atoms with van der Waals surface area (Å²) in [5, 5.41) is 0.419. The molecule has 2 heterocycles. The second-order valence-corrected chi connectivity index (χ2v) is 9.21. The number of anilines is 2. The van der Waals surface area contributed by atoms with E-state index in [-0.39, 0.29) is 4.90 Å². The Morgan fingerprint density at radius 3 is 2.33 bits per heavy atom. The third-order valence-corrected chi connectivity index (χ3v) is 6.85. The van der Waals surface area contributed by atoms with E-state index in [0.717, 1.165) is 11.5 Å². The van der Waals surface area contributed by atoms with Crippen LogP contribution in [0.25, 0.3) is 0 Å². The van der Waals surface area contributed by atoms with Gasteiger partial charge in [-0.2, -0.15) is 9.29 Å². The molecule has 1 aromatic heterocycles. The summed E-state index contributed by atoms with van der Waals surface area (Å²) < 4.78 is 27.5. The lowest BCUT2D eigenvalue weighted by Gasteiger charge is -2.34. The number of hydrogen-bond donors (Lipinski definition) is 0. The van der Waals surface area contributed by atoms with Crippen LogP contribution in [0.1, 0.15) is 11.3 Å². The van der Waals surface area contributed by atoms with Crippen molar-refractivity contribution in [3.05, 3.63) is 40.5 Å². The number of halogens is 1. The molecule has 2 aromatic rings. The molecule has 27 heavy (non-hydrogen) atoms. The third kappa shape index (κ3) is 4.17. The summed E-state index contributed by atoms with van der Waals surface area (Å²) in [6.45, 7) is 5.54. The van der Waals surface area contributed by atoms with Gasteiger partial charge >= 0.3 is 0 Å². The number of nitrogens with zero attached hydrogens (tertiary/aromatic N) is 5. The molecule has 0 bridgehead atoms. The topological polar surface area (TPSA) is 69.6 Å². The lowest BCUT2D eigenvalue weighted by molar-refractivity contribution is 0.382. The molecule has 7 nitrogen and oxygen atoms in total. The lowest BCUT2D eigenvalue weighted by atomic mass is 10.2. The monoisotopic (exact) mass is 409 g/mol. The zero-order valence-corrected chi connectivity index (χ0v) is 17.5. The van der Waals surface area contributed by atoms with Gasteiger partial charge in [-0.25, -0.2) is 13.4 Å². The van der Waals surface area contributed by atoms with E-state index in [9.17, 15) is 8.42 Å². The first kappa shape index (κ1) is 19.9. The number of aryl methyl sites for hydroxylation is 2. The summed E-state index contributed by atoms with van der Waals surface area (Å²) >= 11 is 6.01. The average molecular weight is 410 g/mol. The van der Waals surface area contributed by atoms with Crippen LogP contribution in [0.2, 0.25) is 5.02 Å². The number of hydrogen-bond acceptors (Lipinski definition) is 6. The third-order valence-electron chi connectivity index (χ3n) is 4.58. The molecule has 3 rings (SSSR count). The zero-order valence-electron chi connectivity index (χ0n) is 16.0. The molecule has 0 saturated carbocycles. The Bertz CT molecular complexity index is 941. The van der Waals surface area contributed by atoms with Crippen molar-refractivity contribution in [3.8, 4) is 0 Å². The van der Waals surface area contributed by atoms with Crippen molar-refractivity contribution in [1.82, 2.24) is 14.3 Å². The summed E-state index contributed by atoms with van der Waals surface area (Å²) in [6.07, 6.45) is 0. The lowest BCUT2D eigenvalue weighted by Crippen LogP contribution is -2.49. The van der Waals surface area contributed by atoms with Crippen molar-refractivity contribution in [1.29, 1.82) is 0 Å². The highest BCUT2D eigenvalue weighted by Gasteiger charge is 2.30. The Labute approximate surface area is 165 Å². The largest absolute Gasteiger partial charge is 0.363 e. The van der Waals surface area contributed by atoms with Crippen LogP contribution in [0, 0.1) is 13.8 Å². The van der Waals surface area contributed by atoms with E-state index in [1.165, 1.54) is 10.4 Å². The average Bonchev–Trinajstić information content (AvgIpc) is 2.63. The van der Waals surface area contributed by atoms with E-state index >= 15 is 0 Å². The highest BCUT2D eigenvalue weighted by atomic mass is 35.5. The minimum Gasteiger partial charge on any atom is -0.363 e. The van der Waals surface area contributed by atoms with Crippen LogP contribution in [-0.4, -0.2) is 63.0 Å². The first-order valence-corrected chi connectivity index (χ1v) is 10.5. The summed E-state index contributed by atoms with van der Waals surface area (Å²) in [4.78, 5) is 13.3. The van der Waals surface area contributed by atoms with Crippen LogP contribution in [0.3, 0.4) is 0 Å². The van der Waals surface area contributed by atoms with Crippen molar-refractivity contribution in [2.45, 2.75) is 18.7 Å². The molecule has 0 atom stereocenters. The molecule has 1 aromatic carbocycles. The van der Waals surface area contributed by atoms with E-state index in [0.29, 0.717) is 42.7 Å². The maximum Gasteiger partial charge on any atom is 0.243 e. The standard InChI is InChI=1S/C18H24ClN5O2S/c1-13-5-6-15(19)12-16(13)27(25,26)24-9-7-23(8-10-24)18-20-14(2)11-17(21-18)22(3)4/h5-6,11-12H,7-10H2,1-4H3. The second kappa shape index (κ2) is 7.61. The minimum atomic E-state index is -3.58. The Kier molecular flexibility index (Phi) is 5.60. The molecule has 0 unspecified atom stereocenters. The van der Waals surface area contributed by atoms with Gasteiger partial charge in [-0.1, -0.05) is 17.7 Å². The Hall–Kier alpha value is -1.90. The van der Waals surface area contributed by atoms with Gasteiger partial charge in [-0.15, -0.1) is 0 Å². The quantitative estimate of drug-likeness (QED) is 0.771. The Morgan fingerprint density at radius 1 is 1.04 bits per heavy atom. The summed E-state index contributed by atoms with van der Waals surface area (Å²) in [5.74, 6) is 1.47. The highest BCUT2D eigenvalue weighted by Crippen LogP contribution is 2.25. The fourth-order valence-electron chi connectivity index (χ4n) is 3.03. The van der Waals surface area contributed by atoms with E-state index in [4.69, 9.17) is 11.6 Å². The SMILES string of the molecule is Cc1cc(N(C)C)nc(N2CCN(S(=O)(=O)c3cc(Cl)ccc3C)CC2)n1. The van der Waals surface area contributed by atoms with E-state index in [2.05, 4.69) is 9.97 Å². The van der Waals surface area contributed by atoms with Gasteiger partial charge in [0.1, 0.15) is 5.82 Å². The molecule has 1 fully saturated rings. The maximum atomic E-state index is 13.0. The second-order valence-electron chi connectivity index (χ2n) is 6.86. The van der Waals surface area contributed by atoms with Crippen LogP contribution in [0.15, 0.2) is 29.2 Å². The molecule has 0 amide bonds. The fraction of sp³-hybridized carbons (Fsp3) is 0.444. The number of rotatable bonds is 4. The van der Waals surface area contributed by atoms with Crippen molar-refractivity contribution in [2.24, 2.45) is 0 Å². The predicted octanol–water partition coefficient (Wildman–Crippen LogP) is 2.32.